The van der Waals surface area contributed by atoms with Crippen molar-refractivity contribution in [3.8, 4) is 0 Å². The molecule has 0 aromatic heterocycles. The molecule has 0 bridgehead atoms. The summed E-state index contributed by atoms with van der Waals surface area (Å²) in [5.41, 5.74) is 2.71. The topological polar surface area (TPSA) is 47.9 Å². The largest absolute Gasteiger partial charge is 0.390 e. The highest BCUT2D eigenvalue weighted by Crippen LogP contribution is 2.42. The van der Waals surface area contributed by atoms with E-state index < -0.39 is 11.5 Å². The maximum Gasteiger partial charge on any atom is 0.260 e. The zero-order chi connectivity index (χ0) is 7.12. The Labute approximate surface area is 51.7 Å². The van der Waals surface area contributed by atoms with E-state index in [-0.39, 0.29) is 19.4 Å². The molecule has 0 aromatic rings. The lowest BCUT2D eigenvalue weighted by Gasteiger charge is -2.39. The van der Waals surface area contributed by atoms with Gasteiger partial charge in [-0.25, -0.2) is 8.78 Å². The van der Waals surface area contributed by atoms with Gasteiger partial charge < -0.3 is 10.8 Å². The summed E-state index contributed by atoms with van der Waals surface area (Å²) >= 11 is 0. The SMILES string of the molecule is [NH3+]C1(CO)CC(F)(F)C1. The van der Waals surface area contributed by atoms with Gasteiger partial charge in [0.25, 0.3) is 5.92 Å². The third-order valence-electron chi connectivity index (χ3n) is 1.60. The predicted molar refractivity (Wildman–Crippen MR) is 26.9 cm³/mol. The number of aliphatic hydroxyl groups excluding tert-OH is 1. The minimum atomic E-state index is -2.56. The monoisotopic (exact) mass is 138 g/mol. The first-order chi connectivity index (χ1) is 3.97. The lowest BCUT2D eigenvalue weighted by atomic mass is 9.75. The standard InChI is InChI=1S/C5H9F2NO/c6-5(7)1-4(8,2-5)3-9/h9H,1-3,8H2/p+1. The molecule has 0 amide bonds. The Morgan fingerprint density at radius 3 is 2.00 bits per heavy atom. The van der Waals surface area contributed by atoms with E-state index in [4.69, 9.17) is 5.11 Å². The van der Waals surface area contributed by atoms with E-state index >= 15 is 0 Å². The van der Waals surface area contributed by atoms with Gasteiger partial charge in [0.05, 0.1) is 19.4 Å². The number of rotatable bonds is 1. The molecule has 4 N–H and O–H groups in total. The van der Waals surface area contributed by atoms with Gasteiger partial charge in [0.1, 0.15) is 5.54 Å². The average molecular weight is 138 g/mol. The molecule has 1 fully saturated rings. The lowest BCUT2D eigenvalue weighted by molar-refractivity contribution is -0.528. The van der Waals surface area contributed by atoms with E-state index in [1.807, 2.05) is 0 Å². The third kappa shape index (κ3) is 1.19. The normalized spacial score (nSPS) is 29.3. The van der Waals surface area contributed by atoms with Crippen LogP contribution in [0.1, 0.15) is 12.8 Å². The first-order valence-electron chi connectivity index (χ1n) is 2.82. The van der Waals surface area contributed by atoms with Gasteiger partial charge in [-0.2, -0.15) is 0 Å². The highest BCUT2D eigenvalue weighted by Gasteiger charge is 2.57. The van der Waals surface area contributed by atoms with Gasteiger partial charge in [0, 0.05) is 0 Å². The molecule has 9 heavy (non-hydrogen) atoms. The van der Waals surface area contributed by atoms with Crippen LogP contribution >= 0.6 is 0 Å². The third-order valence-corrected chi connectivity index (χ3v) is 1.60. The first-order valence-corrected chi connectivity index (χ1v) is 2.82. The van der Waals surface area contributed by atoms with E-state index in [2.05, 4.69) is 5.73 Å². The Balaban J connectivity index is 2.41. The van der Waals surface area contributed by atoms with Crippen LogP contribution in [0.4, 0.5) is 8.78 Å². The number of quaternary nitrogens is 1. The van der Waals surface area contributed by atoms with Gasteiger partial charge in [0.2, 0.25) is 0 Å². The molecule has 54 valence electrons. The van der Waals surface area contributed by atoms with Crippen LogP contribution in [0, 0.1) is 0 Å². The Hall–Kier alpha value is -0.220. The van der Waals surface area contributed by atoms with Crippen molar-refractivity contribution in [2.24, 2.45) is 0 Å². The van der Waals surface area contributed by atoms with Crippen molar-refractivity contribution in [2.75, 3.05) is 6.61 Å². The van der Waals surface area contributed by atoms with Gasteiger partial charge in [-0.05, 0) is 0 Å². The Morgan fingerprint density at radius 1 is 1.44 bits per heavy atom. The fraction of sp³-hybridized carbons (Fsp3) is 1.00. The fourth-order valence-corrected chi connectivity index (χ4v) is 1.16. The van der Waals surface area contributed by atoms with Crippen molar-refractivity contribution in [3.63, 3.8) is 0 Å². The summed E-state index contributed by atoms with van der Waals surface area (Å²) in [7, 11) is 0. The molecule has 1 aliphatic rings. The van der Waals surface area contributed by atoms with Crippen molar-refractivity contribution < 1.29 is 19.6 Å². The van der Waals surface area contributed by atoms with E-state index in [1.165, 1.54) is 0 Å². The Kier molecular flexibility index (Phi) is 1.25. The van der Waals surface area contributed by atoms with Crippen molar-refractivity contribution in [1.82, 2.24) is 0 Å². The molecular formula is C5H10F2NO+. The molecule has 1 saturated carbocycles. The zero-order valence-corrected chi connectivity index (χ0v) is 5.03. The number of alkyl halides is 2. The quantitative estimate of drug-likeness (QED) is 0.499. The molecule has 0 radical (unpaired) electrons. The molecule has 0 spiro atoms. The summed E-state index contributed by atoms with van der Waals surface area (Å²) in [6.07, 6.45) is -0.535. The Bertz CT molecular complexity index is 118. The lowest BCUT2D eigenvalue weighted by Crippen LogP contribution is -2.82. The molecule has 0 aliphatic heterocycles. The minimum Gasteiger partial charge on any atom is -0.390 e. The molecule has 0 heterocycles. The molecule has 0 unspecified atom stereocenters. The van der Waals surface area contributed by atoms with E-state index in [0.29, 0.717) is 0 Å². The zero-order valence-electron chi connectivity index (χ0n) is 5.03. The summed E-state index contributed by atoms with van der Waals surface area (Å²) in [5, 5.41) is 8.48. The highest BCUT2D eigenvalue weighted by atomic mass is 19.3. The molecule has 1 rings (SSSR count). The summed E-state index contributed by atoms with van der Waals surface area (Å²) in [5.74, 6) is -2.56. The molecule has 0 aromatic carbocycles. The fourth-order valence-electron chi connectivity index (χ4n) is 1.16. The van der Waals surface area contributed by atoms with Gasteiger partial charge in [-0.3, -0.25) is 0 Å². The second-order valence-electron chi connectivity index (χ2n) is 2.87. The molecule has 1 aliphatic carbocycles. The number of hydrogen-bond donors (Lipinski definition) is 2. The summed E-state index contributed by atoms with van der Waals surface area (Å²) in [6.45, 7) is -0.234. The molecule has 0 saturated heterocycles. The summed E-state index contributed by atoms with van der Waals surface area (Å²) in [6, 6.07) is 0. The summed E-state index contributed by atoms with van der Waals surface area (Å²) < 4.78 is 24.1. The van der Waals surface area contributed by atoms with Gasteiger partial charge >= 0.3 is 0 Å². The maximum absolute atomic E-state index is 12.1. The van der Waals surface area contributed by atoms with Crippen molar-refractivity contribution in [3.05, 3.63) is 0 Å². The first kappa shape index (κ1) is 6.89. The average Bonchev–Trinajstić information content (AvgIpc) is 1.61. The van der Waals surface area contributed by atoms with Crippen LogP contribution in [0.25, 0.3) is 0 Å². The number of halogens is 2. The Morgan fingerprint density at radius 2 is 1.89 bits per heavy atom. The van der Waals surface area contributed by atoms with Gasteiger partial charge in [0.15, 0.2) is 0 Å². The van der Waals surface area contributed by atoms with Crippen LogP contribution in [0.3, 0.4) is 0 Å². The van der Waals surface area contributed by atoms with Crippen LogP contribution in [-0.2, 0) is 0 Å². The van der Waals surface area contributed by atoms with Crippen LogP contribution in [0.15, 0.2) is 0 Å². The molecule has 2 nitrogen and oxygen atoms in total. The molecule has 0 atom stereocenters. The van der Waals surface area contributed by atoms with E-state index in [1.54, 1.807) is 0 Å². The van der Waals surface area contributed by atoms with Crippen LogP contribution in [0.2, 0.25) is 0 Å². The van der Waals surface area contributed by atoms with Gasteiger partial charge in [-0.15, -0.1) is 0 Å². The smallest absolute Gasteiger partial charge is 0.260 e. The van der Waals surface area contributed by atoms with Gasteiger partial charge in [-0.1, -0.05) is 0 Å². The number of aliphatic hydroxyl groups is 1. The van der Waals surface area contributed by atoms with Crippen LogP contribution in [-0.4, -0.2) is 23.2 Å². The second-order valence-corrected chi connectivity index (χ2v) is 2.87. The van der Waals surface area contributed by atoms with Crippen LogP contribution < -0.4 is 5.73 Å². The second kappa shape index (κ2) is 1.64. The summed E-state index contributed by atoms with van der Waals surface area (Å²) in [4.78, 5) is 0. The van der Waals surface area contributed by atoms with Crippen molar-refractivity contribution in [2.45, 2.75) is 24.3 Å². The van der Waals surface area contributed by atoms with Crippen LogP contribution in [0.5, 0.6) is 0 Å². The highest BCUT2D eigenvalue weighted by molar-refractivity contribution is 4.97. The van der Waals surface area contributed by atoms with Crippen molar-refractivity contribution in [1.29, 1.82) is 0 Å². The van der Waals surface area contributed by atoms with Crippen molar-refractivity contribution >= 4 is 0 Å². The molecule has 4 heteroatoms. The van der Waals surface area contributed by atoms with E-state index in [0.717, 1.165) is 0 Å². The minimum absolute atomic E-state index is 0.234. The maximum atomic E-state index is 12.1. The number of hydrogen-bond acceptors (Lipinski definition) is 1. The molecular weight excluding hydrogens is 128 g/mol. The van der Waals surface area contributed by atoms with E-state index in [9.17, 15) is 8.78 Å². The predicted octanol–water partition coefficient (Wildman–Crippen LogP) is -0.612.